The van der Waals surface area contributed by atoms with Gasteiger partial charge in [-0.3, -0.25) is 0 Å². The molecule has 2 heterocycles. The van der Waals surface area contributed by atoms with E-state index in [0.29, 0.717) is 0 Å². The summed E-state index contributed by atoms with van der Waals surface area (Å²) in [6.07, 6.45) is 0.946. The maximum atomic E-state index is 6.07. The van der Waals surface area contributed by atoms with Gasteiger partial charge in [0.1, 0.15) is 5.01 Å². The first-order valence-corrected chi connectivity index (χ1v) is 7.57. The van der Waals surface area contributed by atoms with Gasteiger partial charge in [-0.1, -0.05) is 25.1 Å². The Bertz CT molecular complexity index is 548. The molecule has 0 spiro atoms. The molecule has 2 aromatic rings. The van der Waals surface area contributed by atoms with Crippen molar-refractivity contribution in [2.45, 2.75) is 30.0 Å². The number of thiazole rings is 1. The van der Waals surface area contributed by atoms with Gasteiger partial charge in [0.25, 0.3) is 0 Å². The first kappa shape index (κ1) is 11.3. The standard InChI is InChI=1S/C13H14N2S2/c1-2-9(14)13-15-12-8-5-3-4-6-10(8)16-7-11(12)17-13/h3-6,9H,2,7,14H2,1H3. The zero-order valence-corrected chi connectivity index (χ0v) is 11.3. The van der Waals surface area contributed by atoms with Gasteiger partial charge >= 0.3 is 0 Å². The number of fused-ring (bicyclic) bond motifs is 3. The third-order valence-electron chi connectivity index (χ3n) is 2.97. The third-order valence-corrected chi connectivity index (χ3v) is 5.44. The average molecular weight is 262 g/mol. The van der Waals surface area contributed by atoms with E-state index < -0.39 is 0 Å². The zero-order valence-electron chi connectivity index (χ0n) is 9.64. The fourth-order valence-corrected chi connectivity index (χ4v) is 4.23. The van der Waals surface area contributed by atoms with E-state index in [1.54, 1.807) is 11.3 Å². The first-order chi connectivity index (χ1) is 8.29. The lowest BCUT2D eigenvalue weighted by atomic mass is 10.1. The molecule has 1 aromatic heterocycles. The van der Waals surface area contributed by atoms with Crippen molar-refractivity contribution in [3.05, 3.63) is 34.2 Å². The molecule has 17 heavy (non-hydrogen) atoms. The van der Waals surface area contributed by atoms with Crippen LogP contribution in [0.15, 0.2) is 29.2 Å². The Morgan fingerprint density at radius 2 is 2.24 bits per heavy atom. The highest BCUT2D eigenvalue weighted by Crippen LogP contribution is 2.44. The fourth-order valence-electron chi connectivity index (χ4n) is 1.94. The van der Waals surface area contributed by atoms with Gasteiger partial charge in [0.2, 0.25) is 0 Å². The lowest BCUT2D eigenvalue weighted by molar-refractivity contribution is 0.693. The average Bonchev–Trinajstić information content (AvgIpc) is 2.82. The van der Waals surface area contributed by atoms with Gasteiger partial charge < -0.3 is 5.73 Å². The van der Waals surface area contributed by atoms with Gasteiger partial charge in [-0.05, 0) is 12.5 Å². The maximum Gasteiger partial charge on any atom is 0.110 e. The molecule has 2 N–H and O–H groups in total. The summed E-state index contributed by atoms with van der Waals surface area (Å²) >= 11 is 3.67. The van der Waals surface area contributed by atoms with Crippen molar-refractivity contribution in [2.24, 2.45) is 5.73 Å². The van der Waals surface area contributed by atoms with Crippen molar-refractivity contribution in [1.82, 2.24) is 4.98 Å². The predicted molar refractivity (Wildman–Crippen MR) is 74.3 cm³/mol. The maximum absolute atomic E-state index is 6.07. The Kier molecular flexibility index (Phi) is 2.94. The molecule has 1 atom stereocenters. The summed E-state index contributed by atoms with van der Waals surface area (Å²) < 4.78 is 0. The molecule has 0 bridgehead atoms. The van der Waals surface area contributed by atoms with E-state index in [-0.39, 0.29) is 6.04 Å². The number of aromatic nitrogens is 1. The monoisotopic (exact) mass is 262 g/mol. The summed E-state index contributed by atoms with van der Waals surface area (Å²) in [5.74, 6) is 1.03. The number of hydrogen-bond acceptors (Lipinski definition) is 4. The van der Waals surface area contributed by atoms with E-state index in [2.05, 4.69) is 31.2 Å². The summed E-state index contributed by atoms with van der Waals surface area (Å²) in [5.41, 5.74) is 8.49. The molecule has 0 fully saturated rings. The highest BCUT2D eigenvalue weighted by atomic mass is 32.2. The smallest absolute Gasteiger partial charge is 0.110 e. The quantitative estimate of drug-likeness (QED) is 0.894. The van der Waals surface area contributed by atoms with Gasteiger partial charge in [-0.2, -0.15) is 0 Å². The van der Waals surface area contributed by atoms with E-state index in [0.717, 1.165) is 22.9 Å². The van der Waals surface area contributed by atoms with E-state index in [1.165, 1.54) is 15.3 Å². The molecule has 0 saturated carbocycles. The van der Waals surface area contributed by atoms with Crippen LogP contribution >= 0.6 is 23.1 Å². The molecule has 0 saturated heterocycles. The van der Waals surface area contributed by atoms with E-state index >= 15 is 0 Å². The minimum absolute atomic E-state index is 0.0859. The molecular formula is C13H14N2S2. The summed E-state index contributed by atoms with van der Waals surface area (Å²) in [6.45, 7) is 2.10. The second-order valence-corrected chi connectivity index (χ2v) is 6.26. The molecule has 0 amide bonds. The Labute approximate surface area is 109 Å². The van der Waals surface area contributed by atoms with Crippen LogP contribution in [-0.2, 0) is 5.75 Å². The molecule has 3 rings (SSSR count). The molecule has 2 nitrogen and oxygen atoms in total. The Balaban J connectivity index is 2.10. The van der Waals surface area contributed by atoms with Gasteiger partial charge in [0.05, 0.1) is 11.7 Å². The first-order valence-electron chi connectivity index (χ1n) is 5.77. The third kappa shape index (κ3) is 1.90. The van der Waals surface area contributed by atoms with Crippen molar-refractivity contribution >= 4 is 23.1 Å². The molecule has 1 aromatic carbocycles. The van der Waals surface area contributed by atoms with Crippen LogP contribution in [0.4, 0.5) is 0 Å². The number of nitrogens with zero attached hydrogens (tertiary/aromatic N) is 1. The van der Waals surface area contributed by atoms with Crippen molar-refractivity contribution < 1.29 is 0 Å². The van der Waals surface area contributed by atoms with Crippen LogP contribution in [-0.4, -0.2) is 4.98 Å². The van der Waals surface area contributed by atoms with Crippen LogP contribution in [0, 0.1) is 0 Å². The van der Waals surface area contributed by atoms with Gasteiger partial charge in [0, 0.05) is 21.1 Å². The normalized spacial score (nSPS) is 15.2. The number of benzene rings is 1. The lowest BCUT2D eigenvalue weighted by Crippen LogP contribution is -2.07. The van der Waals surface area contributed by atoms with Crippen molar-refractivity contribution in [2.75, 3.05) is 0 Å². The van der Waals surface area contributed by atoms with Crippen LogP contribution < -0.4 is 5.73 Å². The van der Waals surface area contributed by atoms with E-state index in [9.17, 15) is 0 Å². The summed E-state index contributed by atoms with van der Waals surface area (Å²) in [7, 11) is 0. The highest BCUT2D eigenvalue weighted by Gasteiger charge is 2.22. The Hall–Kier alpha value is -0.840. The molecule has 0 radical (unpaired) electrons. The van der Waals surface area contributed by atoms with Crippen LogP contribution in [0.3, 0.4) is 0 Å². The minimum Gasteiger partial charge on any atom is -0.322 e. The van der Waals surface area contributed by atoms with Crippen LogP contribution in [0.5, 0.6) is 0 Å². The van der Waals surface area contributed by atoms with Crippen molar-refractivity contribution in [3.63, 3.8) is 0 Å². The Morgan fingerprint density at radius 3 is 3.06 bits per heavy atom. The highest BCUT2D eigenvalue weighted by molar-refractivity contribution is 7.98. The zero-order chi connectivity index (χ0) is 11.8. The van der Waals surface area contributed by atoms with Gasteiger partial charge in [0.15, 0.2) is 0 Å². The molecule has 88 valence electrons. The summed E-state index contributed by atoms with van der Waals surface area (Å²) in [6, 6.07) is 8.57. The number of hydrogen-bond donors (Lipinski definition) is 1. The van der Waals surface area contributed by atoms with Crippen LogP contribution in [0.1, 0.15) is 29.3 Å². The SMILES string of the molecule is CCC(N)c1nc2c(s1)CSc1ccccc1-2. The molecule has 0 aliphatic carbocycles. The number of nitrogens with two attached hydrogens (primary N) is 1. The second kappa shape index (κ2) is 4.44. The number of thioether (sulfide) groups is 1. The summed E-state index contributed by atoms with van der Waals surface area (Å²) in [5, 5.41) is 1.08. The van der Waals surface area contributed by atoms with Gasteiger partial charge in [-0.25, -0.2) is 4.98 Å². The minimum atomic E-state index is 0.0859. The van der Waals surface area contributed by atoms with Gasteiger partial charge in [-0.15, -0.1) is 23.1 Å². The van der Waals surface area contributed by atoms with Crippen molar-refractivity contribution in [3.8, 4) is 11.3 Å². The second-order valence-electron chi connectivity index (χ2n) is 4.12. The van der Waals surface area contributed by atoms with Crippen molar-refractivity contribution in [1.29, 1.82) is 0 Å². The largest absolute Gasteiger partial charge is 0.322 e. The fraction of sp³-hybridized carbons (Fsp3) is 0.308. The summed E-state index contributed by atoms with van der Waals surface area (Å²) in [4.78, 5) is 7.45. The van der Waals surface area contributed by atoms with E-state index in [4.69, 9.17) is 10.7 Å². The van der Waals surface area contributed by atoms with Crippen LogP contribution in [0.25, 0.3) is 11.3 Å². The molecule has 1 unspecified atom stereocenters. The van der Waals surface area contributed by atoms with Crippen LogP contribution in [0.2, 0.25) is 0 Å². The number of rotatable bonds is 2. The molecule has 4 heteroatoms. The molecule has 1 aliphatic rings. The predicted octanol–water partition coefficient (Wildman–Crippen LogP) is 3.83. The lowest BCUT2D eigenvalue weighted by Gasteiger charge is -2.13. The van der Waals surface area contributed by atoms with E-state index in [1.807, 2.05) is 11.8 Å². The molecule has 1 aliphatic heterocycles. The topological polar surface area (TPSA) is 38.9 Å². The molecular weight excluding hydrogens is 248 g/mol. The Morgan fingerprint density at radius 1 is 1.41 bits per heavy atom.